The van der Waals surface area contributed by atoms with Gasteiger partial charge in [0.1, 0.15) is 5.52 Å². The van der Waals surface area contributed by atoms with Crippen molar-refractivity contribution in [2.45, 2.75) is 39.3 Å². The first-order valence-corrected chi connectivity index (χ1v) is 8.57. The van der Waals surface area contributed by atoms with Gasteiger partial charge in [-0.15, -0.1) is 0 Å². The zero-order chi connectivity index (χ0) is 16.9. The molecule has 0 radical (unpaired) electrons. The maximum absolute atomic E-state index is 10.8. The number of nitrogens with one attached hydrogen (secondary N) is 1. The number of hydrogen-bond acceptors (Lipinski definition) is 5. The van der Waals surface area contributed by atoms with Crippen molar-refractivity contribution in [3.05, 3.63) is 18.1 Å². The third kappa shape index (κ3) is 3.51. The molecule has 130 valence electrons. The number of aryl methyl sites for hydroxylation is 1. The molecule has 0 spiro atoms. The second-order valence-corrected chi connectivity index (χ2v) is 6.22. The highest BCUT2D eigenvalue weighted by molar-refractivity contribution is 5.86. The Morgan fingerprint density at radius 1 is 1.42 bits per heavy atom. The first-order valence-electron chi connectivity index (χ1n) is 8.57. The second kappa shape index (κ2) is 7.61. The van der Waals surface area contributed by atoms with Gasteiger partial charge in [-0.25, -0.2) is 9.97 Å². The Hall–Kier alpha value is -2.15. The van der Waals surface area contributed by atoms with Crippen LogP contribution in [0.2, 0.25) is 0 Å². The molecule has 1 fully saturated rings. The van der Waals surface area contributed by atoms with Gasteiger partial charge in [-0.2, -0.15) is 0 Å². The van der Waals surface area contributed by atoms with Crippen molar-refractivity contribution in [3.8, 4) is 0 Å². The molecule has 1 atom stereocenters. The number of anilines is 1. The van der Waals surface area contributed by atoms with Gasteiger partial charge >= 0.3 is 0 Å². The fourth-order valence-corrected chi connectivity index (χ4v) is 3.23. The lowest BCUT2D eigenvalue weighted by atomic mass is 10.1. The summed E-state index contributed by atoms with van der Waals surface area (Å²) in [6.45, 7) is 8.03. The summed E-state index contributed by atoms with van der Waals surface area (Å²) in [5.74, 6) is 0. The van der Waals surface area contributed by atoms with Crippen molar-refractivity contribution in [3.63, 3.8) is 0 Å². The highest BCUT2D eigenvalue weighted by Crippen LogP contribution is 2.26. The number of carbonyl (C=O) groups excluding carboxylic acids is 1. The maximum atomic E-state index is 10.8. The lowest BCUT2D eigenvalue weighted by Crippen LogP contribution is -2.36. The van der Waals surface area contributed by atoms with Gasteiger partial charge in [0.25, 0.3) is 0 Å². The zero-order valence-electron chi connectivity index (χ0n) is 14.4. The number of rotatable bonds is 7. The van der Waals surface area contributed by atoms with E-state index in [0.29, 0.717) is 6.54 Å². The van der Waals surface area contributed by atoms with Gasteiger partial charge in [0.05, 0.1) is 25.2 Å². The third-order valence-corrected chi connectivity index (χ3v) is 4.39. The normalized spacial score (nSPS) is 16.3. The Bertz CT molecular complexity index is 694. The number of imidazole rings is 1. The molecule has 1 unspecified atom stereocenters. The number of pyridine rings is 1. The Morgan fingerprint density at radius 3 is 2.92 bits per heavy atom. The fraction of sp³-hybridized carbons (Fsp3) is 0.588. The summed E-state index contributed by atoms with van der Waals surface area (Å²) in [6, 6.07) is 2.19. The fourth-order valence-electron chi connectivity index (χ4n) is 3.23. The molecule has 0 bridgehead atoms. The predicted octanol–water partition coefficient (Wildman–Crippen LogP) is 1.49. The Balaban J connectivity index is 1.93. The molecule has 2 aromatic heterocycles. The van der Waals surface area contributed by atoms with Crippen molar-refractivity contribution in [1.29, 1.82) is 0 Å². The van der Waals surface area contributed by atoms with Gasteiger partial charge < -0.3 is 19.5 Å². The second-order valence-electron chi connectivity index (χ2n) is 6.22. The molecule has 3 heterocycles. The van der Waals surface area contributed by atoms with Crippen LogP contribution < -0.4 is 10.2 Å². The Labute approximate surface area is 142 Å². The summed E-state index contributed by atoms with van der Waals surface area (Å²) in [5.41, 5.74) is 3.89. The molecule has 0 saturated carbocycles. The van der Waals surface area contributed by atoms with Gasteiger partial charge in [-0.05, 0) is 19.4 Å². The number of fused-ring (bicyclic) bond motifs is 1. The lowest BCUT2D eigenvalue weighted by molar-refractivity contribution is -0.110. The van der Waals surface area contributed by atoms with E-state index in [1.807, 2.05) is 17.8 Å². The molecular weight excluding hydrogens is 306 g/mol. The van der Waals surface area contributed by atoms with Crippen LogP contribution in [0.4, 0.5) is 5.69 Å². The van der Waals surface area contributed by atoms with Gasteiger partial charge in [-0.3, -0.25) is 4.79 Å². The van der Waals surface area contributed by atoms with Crippen LogP contribution in [0.5, 0.6) is 0 Å². The highest BCUT2D eigenvalue weighted by atomic mass is 16.5. The molecule has 1 N–H and O–H groups in total. The summed E-state index contributed by atoms with van der Waals surface area (Å²) >= 11 is 0. The van der Waals surface area contributed by atoms with Gasteiger partial charge in [0.15, 0.2) is 5.65 Å². The largest absolute Gasteiger partial charge is 0.378 e. The van der Waals surface area contributed by atoms with Crippen molar-refractivity contribution in [2.24, 2.45) is 0 Å². The quantitative estimate of drug-likeness (QED) is 0.778. The van der Waals surface area contributed by atoms with Gasteiger partial charge in [-0.1, -0.05) is 13.3 Å². The SMILES string of the molecule is CCCC(Cn1cnc2c(N3CCOCC3)cc(C)nc21)NC=O. The van der Waals surface area contributed by atoms with Crippen molar-refractivity contribution < 1.29 is 9.53 Å². The van der Waals surface area contributed by atoms with Crippen LogP contribution in [0, 0.1) is 6.92 Å². The molecule has 0 aliphatic carbocycles. The molecule has 24 heavy (non-hydrogen) atoms. The number of nitrogens with zero attached hydrogens (tertiary/aromatic N) is 4. The van der Waals surface area contributed by atoms with Gasteiger partial charge in [0.2, 0.25) is 6.41 Å². The molecule has 7 nitrogen and oxygen atoms in total. The van der Waals surface area contributed by atoms with E-state index in [0.717, 1.165) is 68.1 Å². The summed E-state index contributed by atoms with van der Waals surface area (Å²) < 4.78 is 7.50. The average molecular weight is 331 g/mol. The van der Waals surface area contributed by atoms with E-state index in [1.54, 1.807) is 0 Å². The molecular formula is C17H25N5O2. The molecule has 7 heteroatoms. The molecule has 1 saturated heterocycles. The standard InChI is InChI=1S/C17H25N5O2/c1-3-4-14(19-12-23)10-22-11-18-16-15(9-13(2)20-17(16)22)21-5-7-24-8-6-21/h9,11-12,14H,3-8,10H2,1-2H3,(H,19,23). The molecule has 0 aromatic carbocycles. The van der Waals surface area contributed by atoms with Crippen LogP contribution in [-0.4, -0.2) is 53.3 Å². The summed E-state index contributed by atoms with van der Waals surface area (Å²) in [4.78, 5) is 22.4. The Kier molecular flexibility index (Phi) is 5.30. The lowest BCUT2D eigenvalue weighted by Gasteiger charge is -2.29. The van der Waals surface area contributed by atoms with Crippen molar-refractivity contribution in [1.82, 2.24) is 19.9 Å². The predicted molar refractivity (Wildman–Crippen MR) is 93.2 cm³/mol. The number of carbonyl (C=O) groups is 1. The van der Waals surface area contributed by atoms with Gasteiger partial charge in [0, 0.05) is 31.4 Å². The number of morpholine rings is 1. The summed E-state index contributed by atoms with van der Waals surface area (Å²) in [5, 5.41) is 2.90. The van der Waals surface area contributed by atoms with E-state index in [4.69, 9.17) is 9.72 Å². The summed E-state index contributed by atoms with van der Waals surface area (Å²) in [7, 11) is 0. The summed E-state index contributed by atoms with van der Waals surface area (Å²) in [6.07, 6.45) is 4.55. The third-order valence-electron chi connectivity index (χ3n) is 4.39. The molecule has 2 aromatic rings. The molecule has 3 rings (SSSR count). The molecule has 1 amide bonds. The maximum Gasteiger partial charge on any atom is 0.207 e. The number of aromatic nitrogens is 3. The molecule has 1 aliphatic heterocycles. The minimum atomic E-state index is 0.0963. The number of hydrogen-bond donors (Lipinski definition) is 1. The van der Waals surface area contributed by atoms with Crippen molar-refractivity contribution >= 4 is 23.3 Å². The van der Waals surface area contributed by atoms with E-state index in [2.05, 4.69) is 28.2 Å². The zero-order valence-corrected chi connectivity index (χ0v) is 14.4. The van der Waals surface area contributed by atoms with Crippen LogP contribution >= 0.6 is 0 Å². The first kappa shape index (κ1) is 16.7. The number of ether oxygens (including phenoxy) is 1. The van der Waals surface area contributed by atoms with Crippen molar-refractivity contribution in [2.75, 3.05) is 31.2 Å². The smallest absolute Gasteiger partial charge is 0.207 e. The van der Waals surface area contributed by atoms with Crippen LogP contribution in [-0.2, 0) is 16.1 Å². The molecule has 1 aliphatic rings. The topological polar surface area (TPSA) is 72.3 Å². The van der Waals surface area contributed by atoms with E-state index >= 15 is 0 Å². The van der Waals surface area contributed by atoms with Crippen LogP contribution in [0.3, 0.4) is 0 Å². The van der Waals surface area contributed by atoms with Crippen LogP contribution in [0.25, 0.3) is 11.2 Å². The van der Waals surface area contributed by atoms with Crippen LogP contribution in [0.1, 0.15) is 25.5 Å². The first-order chi connectivity index (χ1) is 11.7. The van der Waals surface area contributed by atoms with E-state index in [-0.39, 0.29) is 6.04 Å². The van der Waals surface area contributed by atoms with Crippen LogP contribution in [0.15, 0.2) is 12.4 Å². The van der Waals surface area contributed by atoms with E-state index in [9.17, 15) is 4.79 Å². The number of amides is 1. The minimum absolute atomic E-state index is 0.0963. The monoisotopic (exact) mass is 331 g/mol. The Morgan fingerprint density at radius 2 is 2.21 bits per heavy atom. The highest BCUT2D eigenvalue weighted by Gasteiger charge is 2.19. The average Bonchev–Trinajstić information content (AvgIpc) is 2.98. The van der Waals surface area contributed by atoms with E-state index < -0.39 is 0 Å². The van der Waals surface area contributed by atoms with E-state index in [1.165, 1.54) is 0 Å². The minimum Gasteiger partial charge on any atom is -0.378 e.